The molecular formula is C25H25NO12. The van der Waals surface area contributed by atoms with Crippen LogP contribution in [0.2, 0.25) is 0 Å². The second kappa shape index (κ2) is 11.1. The van der Waals surface area contributed by atoms with Gasteiger partial charge in [0.05, 0.1) is 6.61 Å². The summed E-state index contributed by atoms with van der Waals surface area (Å²) in [4.78, 5) is 36.7. The predicted molar refractivity (Wildman–Crippen MR) is 128 cm³/mol. The Balaban J connectivity index is 1.63. The van der Waals surface area contributed by atoms with Crippen LogP contribution < -0.4 is 15.5 Å². The molecule has 1 aliphatic rings. The largest absolute Gasteiger partial charge is 0.504 e. The first-order chi connectivity index (χ1) is 18.1. The van der Waals surface area contributed by atoms with Gasteiger partial charge in [0, 0.05) is 17.7 Å². The first-order valence-electron chi connectivity index (χ1n) is 11.5. The van der Waals surface area contributed by atoms with Gasteiger partial charge in [-0.25, -0.2) is 0 Å². The van der Waals surface area contributed by atoms with E-state index in [9.17, 15) is 39.9 Å². The fourth-order valence-electron chi connectivity index (χ4n) is 3.86. The monoisotopic (exact) mass is 531 g/mol. The smallest absolute Gasteiger partial charge is 0.325 e. The molecule has 0 aliphatic carbocycles. The lowest BCUT2D eigenvalue weighted by molar-refractivity contribution is -0.267. The first kappa shape index (κ1) is 26.9. The standard InChI is InChI=1S/C25H25NO12/c1-2-35-16(28)10-26-24(34)23-21(32)20(31)22(33)25(38-23)37-15-9-14-17(19(30)18(15)29)12(27)8-13(36-14)11-6-4-3-5-7-11/h3-9,20-23,25,29-33H,2,10H2,1H3,(H,26,34)/t20-,21-,22-,23-,25+/m0/s1. The molecule has 38 heavy (non-hydrogen) atoms. The summed E-state index contributed by atoms with van der Waals surface area (Å²) in [7, 11) is 0. The summed E-state index contributed by atoms with van der Waals surface area (Å²) in [6, 6.07) is 10.8. The van der Waals surface area contributed by atoms with Crippen LogP contribution in [0, 0.1) is 0 Å². The van der Waals surface area contributed by atoms with E-state index in [0.29, 0.717) is 5.56 Å². The Morgan fingerprint density at radius 1 is 1.00 bits per heavy atom. The minimum Gasteiger partial charge on any atom is -0.504 e. The van der Waals surface area contributed by atoms with Crippen molar-refractivity contribution in [3.05, 3.63) is 52.7 Å². The van der Waals surface area contributed by atoms with Crippen LogP contribution in [0.1, 0.15) is 6.92 Å². The van der Waals surface area contributed by atoms with E-state index in [-0.39, 0.29) is 23.3 Å². The molecule has 0 unspecified atom stereocenters. The zero-order valence-electron chi connectivity index (χ0n) is 19.9. The number of esters is 1. The lowest BCUT2D eigenvalue weighted by Gasteiger charge is -2.39. The molecule has 0 bridgehead atoms. The van der Waals surface area contributed by atoms with E-state index >= 15 is 0 Å². The molecule has 1 aliphatic heterocycles. The summed E-state index contributed by atoms with van der Waals surface area (Å²) in [5.41, 5.74) is -0.284. The number of aliphatic hydroxyl groups is 3. The Morgan fingerprint density at radius 2 is 1.71 bits per heavy atom. The quantitative estimate of drug-likeness (QED) is 0.172. The fraction of sp³-hybridized carbons (Fsp3) is 0.320. The van der Waals surface area contributed by atoms with Gasteiger partial charge in [0.25, 0.3) is 5.91 Å². The summed E-state index contributed by atoms with van der Waals surface area (Å²) in [5.74, 6) is -3.93. The number of aromatic hydroxyl groups is 2. The van der Waals surface area contributed by atoms with Crippen molar-refractivity contribution in [1.29, 1.82) is 0 Å². The molecule has 4 rings (SSSR count). The molecule has 2 heterocycles. The number of benzene rings is 2. The number of phenolic OH excluding ortho intramolecular Hbond substituents is 2. The zero-order valence-corrected chi connectivity index (χ0v) is 19.9. The summed E-state index contributed by atoms with van der Waals surface area (Å²) in [6.07, 6.45) is -9.41. The average molecular weight is 531 g/mol. The van der Waals surface area contributed by atoms with Gasteiger partial charge in [-0.1, -0.05) is 30.3 Å². The van der Waals surface area contributed by atoms with Gasteiger partial charge >= 0.3 is 5.97 Å². The summed E-state index contributed by atoms with van der Waals surface area (Å²) < 4.78 is 21.2. The van der Waals surface area contributed by atoms with Gasteiger partial charge in [0.1, 0.15) is 41.6 Å². The second-order valence-electron chi connectivity index (χ2n) is 8.32. The van der Waals surface area contributed by atoms with Crippen molar-refractivity contribution in [2.24, 2.45) is 0 Å². The SMILES string of the molecule is CCOC(=O)CNC(=O)[C@H]1O[C@@H](Oc2cc3oc(-c4ccccc4)cc(=O)c3c(O)c2O)[C@@H](O)[C@@H](O)[C@@H]1O. The Morgan fingerprint density at radius 3 is 2.39 bits per heavy atom. The molecule has 0 spiro atoms. The lowest BCUT2D eigenvalue weighted by atomic mass is 9.98. The predicted octanol–water partition coefficient (Wildman–Crippen LogP) is -0.263. The van der Waals surface area contributed by atoms with Gasteiger partial charge in [-0.05, 0) is 6.92 Å². The molecule has 1 saturated heterocycles. The highest BCUT2D eigenvalue weighted by molar-refractivity contribution is 5.89. The van der Waals surface area contributed by atoms with Crippen LogP contribution in [0.15, 0.2) is 51.7 Å². The van der Waals surface area contributed by atoms with E-state index in [4.69, 9.17) is 18.6 Å². The van der Waals surface area contributed by atoms with Crippen LogP contribution in [0.25, 0.3) is 22.3 Å². The van der Waals surface area contributed by atoms with Gasteiger partial charge in [0.15, 0.2) is 23.0 Å². The Bertz CT molecular complexity index is 1390. The van der Waals surface area contributed by atoms with Gasteiger partial charge in [-0.2, -0.15) is 0 Å². The maximum Gasteiger partial charge on any atom is 0.325 e. The molecule has 1 fully saturated rings. The number of rotatable bonds is 7. The van der Waals surface area contributed by atoms with Crippen LogP contribution >= 0.6 is 0 Å². The third kappa shape index (κ3) is 5.26. The van der Waals surface area contributed by atoms with Gasteiger partial charge in [-0.3, -0.25) is 14.4 Å². The van der Waals surface area contributed by atoms with E-state index < -0.39 is 71.8 Å². The van der Waals surface area contributed by atoms with Crippen molar-refractivity contribution in [2.45, 2.75) is 37.6 Å². The maximum absolute atomic E-state index is 12.7. The zero-order chi connectivity index (χ0) is 27.6. The van der Waals surface area contributed by atoms with Gasteiger partial charge in [-0.15, -0.1) is 0 Å². The molecule has 13 heteroatoms. The van der Waals surface area contributed by atoms with Crippen LogP contribution in [-0.4, -0.2) is 81.3 Å². The number of carbonyl (C=O) groups excluding carboxylic acids is 2. The number of nitrogens with one attached hydrogen (secondary N) is 1. The Kier molecular flexibility index (Phi) is 7.83. The molecule has 2 aromatic carbocycles. The number of carbonyl (C=O) groups is 2. The van der Waals surface area contributed by atoms with Crippen LogP contribution in [-0.2, 0) is 19.1 Å². The van der Waals surface area contributed by atoms with Crippen molar-refractivity contribution < 1.29 is 53.7 Å². The van der Waals surface area contributed by atoms with E-state index in [1.165, 1.54) is 0 Å². The Labute approximate surface area is 214 Å². The average Bonchev–Trinajstić information content (AvgIpc) is 2.90. The maximum atomic E-state index is 12.7. The van der Waals surface area contributed by atoms with Gasteiger partial charge < -0.3 is 49.5 Å². The van der Waals surface area contributed by atoms with Crippen molar-refractivity contribution in [3.63, 3.8) is 0 Å². The van der Waals surface area contributed by atoms with Gasteiger partial charge in [0.2, 0.25) is 12.0 Å². The van der Waals surface area contributed by atoms with Crippen LogP contribution in [0.5, 0.6) is 17.2 Å². The molecule has 13 nitrogen and oxygen atoms in total. The third-order valence-electron chi connectivity index (χ3n) is 5.77. The molecule has 202 valence electrons. The van der Waals surface area contributed by atoms with E-state index in [1.807, 2.05) is 0 Å². The third-order valence-corrected chi connectivity index (χ3v) is 5.77. The van der Waals surface area contributed by atoms with Crippen LogP contribution in [0.3, 0.4) is 0 Å². The number of hydrogen-bond donors (Lipinski definition) is 6. The van der Waals surface area contributed by atoms with Crippen LogP contribution in [0.4, 0.5) is 0 Å². The van der Waals surface area contributed by atoms with E-state index in [0.717, 1.165) is 12.1 Å². The lowest BCUT2D eigenvalue weighted by Crippen LogP contribution is -2.63. The highest BCUT2D eigenvalue weighted by atomic mass is 16.7. The number of fused-ring (bicyclic) bond motifs is 1. The number of ether oxygens (including phenoxy) is 3. The van der Waals surface area contributed by atoms with Crippen molar-refractivity contribution in [3.8, 4) is 28.6 Å². The number of aliphatic hydroxyl groups excluding tert-OH is 3. The fourth-order valence-corrected chi connectivity index (χ4v) is 3.86. The van der Waals surface area contributed by atoms with Crippen molar-refractivity contribution in [1.82, 2.24) is 5.32 Å². The molecule has 5 atom stereocenters. The highest BCUT2D eigenvalue weighted by Crippen LogP contribution is 2.42. The molecule has 1 aromatic heterocycles. The molecule has 0 radical (unpaired) electrons. The minimum absolute atomic E-state index is 0.0765. The molecule has 6 N–H and O–H groups in total. The Hall–Kier alpha value is -4.17. The second-order valence-corrected chi connectivity index (χ2v) is 8.32. The normalized spacial score (nSPS) is 23.1. The topological polar surface area (TPSA) is 205 Å². The van der Waals surface area contributed by atoms with E-state index in [2.05, 4.69) is 5.32 Å². The number of hydrogen-bond acceptors (Lipinski definition) is 12. The number of amides is 1. The number of phenols is 2. The molecule has 3 aromatic rings. The summed E-state index contributed by atoms with van der Waals surface area (Å²) in [6.45, 7) is 1.10. The summed E-state index contributed by atoms with van der Waals surface area (Å²) >= 11 is 0. The first-order valence-corrected chi connectivity index (χ1v) is 11.5. The van der Waals surface area contributed by atoms with Crippen molar-refractivity contribution >= 4 is 22.8 Å². The van der Waals surface area contributed by atoms with Crippen molar-refractivity contribution in [2.75, 3.05) is 13.2 Å². The highest BCUT2D eigenvalue weighted by Gasteiger charge is 2.48. The van der Waals surface area contributed by atoms with E-state index in [1.54, 1.807) is 37.3 Å². The molecule has 0 saturated carbocycles. The molecule has 1 amide bonds. The minimum atomic E-state index is -1.94. The molecular weight excluding hydrogens is 506 g/mol. The summed E-state index contributed by atoms with van der Waals surface area (Å²) in [5, 5.41) is 53.7.